The highest BCUT2D eigenvalue weighted by molar-refractivity contribution is 5.80. The first-order valence-corrected chi connectivity index (χ1v) is 17.5. The predicted octanol–water partition coefficient (Wildman–Crippen LogP) is 7.91. The first-order chi connectivity index (χ1) is 21.3. The number of epoxide rings is 1. The van der Waals surface area contributed by atoms with E-state index in [0.717, 1.165) is 56.3 Å². The molecule has 0 amide bonds. The number of aliphatic hydroxyl groups is 2. The zero-order valence-electron chi connectivity index (χ0n) is 29.9. The van der Waals surface area contributed by atoms with Crippen molar-refractivity contribution < 1.29 is 34.0 Å². The molecule has 2 aliphatic carbocycles. The third-order valence-electron chi connectivity index (χ3n) is 11.0. The maximum absolute atomic E-state index is 12.6. The fraction of sp³-hybridized carbons (Fsp3) is 0.744. The third kappa shape index (κ3) is 8.25. The van der Waals surface area contributed by atoms with Gasteiger partial charge in [-0.05, 0) is 87.7 Å². The molecule has 258 valence electrons. The summed E-state index contributed by atoms with van der Waals surface area (Å²) in [7, 11) is 0. The van der Waals surface area contributed by atoms with Crippen LogP contribution in [-0.4, -0.2) is 51.2 Å². The lowest BCUT2D eigenvalue weighted by Gasteiger charge is -2.46. The maximum Gasteiger partial charge on any atom is 0.321 e. The van der Waals surface area contributed by atoms with Gasteiger partial charge < -0.3 is 24.4 Å². The second-order valence-corrected chi connectivity index (χ2v) is 16.7. The van der Waals surface area contributed by atoms with Gasteiger partial charge in [0, 0.05) is 31.6 Å². The summed E-state index contributed by atoms with van der Waals surface area (Å²) < 4.78 is 17.3. The molecule has 46 heavy (non-hydrogen) atoms. The van der Waals surface area contributed by atoms with Gasteiger partial charge in [0.2, 0.25) is 0 Å². The molecule has 2 heterocycles. The molecule has 4 rings (SSSR count). The van der Waals surface area contributed by atoms with Crippen molar-refractivity contribution in [1.82, 2.24) is 0 Å². The molecule has 2 aliphatic heterocycles. The Bertz CT molecular complexity index is 1230. The molecule has 1 saturated heterocycles. The number of hydrogen-bond donors (Lipinski definition) is 2. The smallest absolute Gasteiger partial charge is 0.321 e. The fourth-order valence-corrected chi connectivity index (χ4v) is 8.80. The highest BCUT2D eigenvalue weighted by Crippen LogP contribution is 2.66. The molecule has 2 saturated carbocycles. The zero-order chi connectivity index (χ0) is 34.1. The average molecular weight is 641 g/mol. The lowest BCUT2D eigenvalue weighted by molar-refractivity contribution is -0.152. The first kappa shape index (κ1) is 36.6. The average Bonchev–Trinajstić information content (AvgIpc) is 3.36. The molecule has 0 radical (unpaired) electrons. The van der Waals surface area contributed by atoms with Crippen molar-refractivity contribution in [3.05, 3.63) is 47.8 Å². The van der Waals surface area contributed by atoms with Crippen LogP contribution in [0.4, 0.5) is 0 Å². The molecule has 3 unspecified atom stereocenters. The monoisotopic (exact) mass is 640 g/mol. The van der Waals surface area contributed by atoms with Crippen LogP contribution in [0.3, 0.4) is 0 Å². The molecule has 7 heteroatoms. The number of carbonyl (C=O) groups excluding carboxylic acids is 2. The Hall–Kier alpha value is -2.22. The summed E-state index contributed by atoms with van der Waals surface area (Å²) in [6.07, 6.45) is 20.3. The van der Waals surface area contributed by atoms with E-state index in [1.54, 1.807) is 0 Å². The Morgan fingerprint density at radius 2 is 1.76 bits per heavy atom. The van der Waals surface area contributed by atoms with Gasteiger partial charge in [-0.1, -0.05) is 71.9 Å². The minimum absolute atomic E-state index is 0.212. The highest BCUT2D eigenvalue weighted by Gasteiger charge is 2.74. The minimum Gasteiger partial charge on any atom is -0.462 e. The van der Waals surface area contributed by atoms with E-state index in [2.05, 4.69) is 72.8 Å². The van der Waals surface area contributed by atoms with E-state index in [1.165, 1.54) is 6.92 Å². The van der Waals surface area contributed by atoms with Crippen LogP contribution in [0.1, 0.15) is 127 Å². The molecule has 0 aromatic rings. The molecule has 0 spiro atoms. The molecule has 8 atom stereocenters. The number of unbranched alkanes of at least 4 members (excludes halogenated alkanes) is 1. The van der Waals surface area contributed by atoms with Crippen molar-refractivity contribution in [2.24, 2.45) is 28.6 Å². The van der Waals surface area contributed by atoms with Crippen LogP contribution in [0.25, 0.3) is 0 Å². The summed E-state index contributed by atoms with van der Waals surface area (Å²) >= 11 is 0. The summed E-state index contributed by atoms with van der Waals surface area (Å²) in [5, 5.41) is 21.5. The van der Waals surface area contributed by atoms with E-state index < -0.39 is 11.2 Å². The summed E-state index contributed by atoms with van der Waals surface area (Å²) in [6.45, 7) is 18.3. The minimum atomic E-state index is -0.983. The largest absolute Gasteiger partial charge is 0.462 e. The Morgan fingerprint density at radius 1 is 1.04 bits per heavy atom. The van der Waals surface area contributed by atoms with E-state index in [9.17, 15) is 19.8 Å². The number of carbonyl (C=O) groups is 2. The van der Waals surface area contributed by atoms with Crippen molar-refractivity contribution in [1.29, 1.82) is 0 Å². The topological polar surface area (TPSA) is 106 Å². The normalized spacial score (nSPS) is 37.2. The Balaban J connectivity index is 1.17. The molecule has 0 bridgehead atoms. The van der Waals surface area contributed by atoms with Gasteiger partial charge in [0.15, 0.2) is 0 Å². The van der Waals surface area contributed by atoms with Crippen molar-refractivity contribution in [2.75, 3.05) is 0 Å². The van der Waals surface area contributed by atoms with Gasteiger partial charge in [-0.25, -0.2) is 0 Å². The second-order valence-electron chi connectivity index (χ2n) is 16.7. The highest BCUT2D eigenvalue weighted by atomic mass is 16.6. The van der Waals surface area contributed by atoms with Gasteiger partial charge in [0.05, 0.1) is 17.6 Å². The maximum atomic E-state index is 12.6. The van der Waals surface area contributed by atoms with E-state index in [1.807, 2.05) is 19.1 Å². The van der Waals surface area contributed by atoms with Gasteiger partial charge in [0.25, 0.3) is 0 Å². The number of esters is 2. The summed E-state index contributed by atoms with van der Waals surface area (Å²) in [6, 6.07) is 0. The van der Waals surface area contributed by atoms with Gasteiger partial charge in [0.1, 0.15) is 23.1 Å². The lowest BCUT2D eigenvalue weighted by atomic mass is 9.63. The van der Waals surface area contributed by atoms with E-state index in [-0.39, 0.29) is 46.5 Å². The Labute approximate surface area is 277 Å². The van der Waals surface area contributed by atoms with Gasteiger partial charge >= 0.3 is 11.9 Å². The standard InChI is InChI=1S/C39H60O7/c1-26(16-17-33-35(4,5)24-32(44-28(3)40)25-37(33,8)43)14-12-10-11-13-15-27(2)20-31-21-29(34(42)45-31)18-19-39-36(6,7)22-30(41)23-38(39,9)46-39/h10,12,17-19,21,26-27,29-30,32,41,43H,11,13-16,20,22-25H2,1-9H3/b12-10+,19-18+,33-17?/t26?,27?,29?,30-,32-,37+,38+,39-/m0/s1. The third-order valence-corrected chi connectivity index (χ3v) is 11.0. The SMILES string of the molecule is CC(=O)O[C@H]1CC(C)(C)C(=CCC(C)C/C=C/CCCC(C)CC2=CC(/C=C/[C@@]34O[C@]3(C)C[C@@H](O)CC4(C)C)C(=O)O2)[C@](C)(O)C1. The van der Waals surface area contributed by atoms with Crippen molar-refractivity contribution in [3.63, 3.8) is 0 Å². The van der Waals surface area contributed by atoms with Gasteiger partial charge in [-0.15, -0.1) is 0 Å². The molecule has 0 aromatic carbocycles. The van der Waals surface area contributed by atoms with Crippen molar-refractivity contribution in [2.45, 2.75) is 156 Å². The quantitative estimate of drug-likeness (QED) is 0.0912. The van der Waals surface area contributed by atoms with Crippen molar-refractivity contribution in [3.8, 4) is 0 Å². The molecule has 4 aliphatic rings. The zero-order valence-corrected chi connectivity index (χ0v) is 29.9. The fourth-order valence-electron chi connectivity index (χ4n) is 8.80. The van der Waals surface area contributed by atoms with Crippen LogP contribution >= 0.6 is 0 Å². The van der Waals surface area contributed by atoms with Gasteiger partial charge in [-0.3, -0.25) is 9.59 Å². The number of fused-ring (bicyclic) bond motifs is 1. The van der Waals surface area contributed by atoms with Gasteiger partial charge in [-0.2, -0.15) is 0 Å². The first-order valence-electron chi connectivity index (χ1n) is 17.5. The number of aliphatic hydroxyl groups excluding tert-OH is 1. The lowest BCUT2D eigenvalue weighted by Crippen LogP contribution is -2.46. The summed E-state index contributed by atoms with van der Waals surface area (Å²) in [5.41, 5.74) is -1.21. The molecule has 0 aromatic heterocycles. The number of cyclic esters (lactones) is 1. The number of ether oxygens (including phenoxy) is 3. The molecular weight excluding hydrogens is 580 g/mol. The summed E-state index contributed by atoms with van der Waals surface area (Å²) in [4.78, 5) is 24.1. The predicted molar refractivity (Wildman–Crippen MR) is 180 cm³/mol. The molecular formula is C39H60O7. The number of hydrogen-bond acceptors (Lipinski definition) is 7. The van der Waals surface area contributed by atoms with Crippen LogP contribution in [-0.2, 0) is 23.8 Å². The van der Waals surface area contributed by atoms with Crippen LogP contribution in [0.15, 0.2) is 47.8 Å². The Morgan fingerprint density at radius 3 is 2.41 bits per heavy atom. The van der Waals surface area contributed by atoms with E-state index >= 15 is 0 Å². The molecule has 7 nitrogen and oxygen atoms in total. The van der Waals surface area contributed by atoms with Crippen LogP contribution < -0.4 is 0 Å². The number of rotatable bonds is 13. The van der Waals surface area contributed by atoms with Crippen LogP contribution in [0, 0.1) is 28.6 Å². The van der Waals surface area contributed by atoms with Crippen molar-refractivity contribution >= 4 is 11.9 Å². The van der Waals surface area contributed by atoms with Crippen LogP contribution in [0.2, 0.25) is 0 Å². The van der Waals surface area contributed by atoms with E-state index in [4.69, 9.17) is 14.2 Å². The van der Waals surface area contributed by atoms with Crippen LogP contribution in [0.5, 0.6) is 0 Å². The molecule has 3 fully saturated rings. The second kappa shape index (κ2) is 13.7. The molecule has 2 N–H and O–H groups in total. The number of allylic oxidation sites excluding steroid dienone is 4. The Kier molecular flexibility index (Phi) is 10.9. The van der Waals surface area contributed by atoms with E-state index in [0.29, 0.717) is 31.1 Å². The summed E-state index contributed by atoms with van der Waals surface area (Å²) in [5.74, 6) is 0.739.